The first-order chi connectivity index (χ1) is 13.7. The summed E-state index contributed by atoms with van der Waals surface area (Å²) < 4.78 is 5.32. The first-order valence-corrected chi connectivity index (χ1v) is 9.94. The van der Waals surface area contributed by atoms with Gasteiger partial charge in [-0.1, -0.05) is 6.07 Å². The van der Waals surface area contributed by atoms with Crippen LogP contribution in [0.4, 0.5) is 11.6 Å². The molecule has 2 fully saturated rings. The summed E-state index contributed by atoms with van der Waals surface area (Å²) in [4.78, 5) is 28.3. The second kappa shape index (κ2) is 8.46. The number of piperidine rings is 1. The van der Waals surface area contributed by atoms with E-state index >= 15 is 0 Å². The van der Waals surface area contributed by atoms with Gasteiger partial charge in [-0.05, 0) is 31.0 Å². The second-order valence-electron chi connectivity index (χ2n) is 7.35. The van der Waals surface area contributed by atoms with Crippen LogP contribution in [0, 0.1) is 5.92 Å². The number of ether oxygens (including phenoxy) is 1. The van der Waals surface area contributed by atoms with E-state index in [0.29, 0.717) is 6.54 Å². The SMILES string of the molecule is COc1cccc(N2CCN(C(=O)C3CCCN(c4ncccn4)C3)CC2)c1. The molecule has 1 atom stereocenters. The second-order valence-corrected chi connectivity index (χ2v) is 7.35. The molecule has 2 saturated heterocycles. The van der Waals surface area contributed by atoms with Gasteiger partial charge in [-0.25, -0.2) is 9.97 Å². The predicted octanol–water partition coefficient (Wildman–Crippen LogP) is 2.05. The van der Waals surface area contributed by atoms with Crippen LogP contribution in [0.1, 0.15) is 12.8 Å². The van der Waals surface area contributed by atoms with Crippen molar-refractivity contribution in [3.8, 4) is 5.75 Å². The normalized spacial score (nSPS) is 20.2. The number of aromatic nitrogens is 2. The Morgan fingerprint density at radius 2 is 1.82 bits per heavy atom. The lowest BCUT2D eigenvalue weighted by atomic mass is 9.96. The third-order valence-electron chi connectivity index (χ3n) is 5.62. The number of nitrogens with zero attached hydrogens (tertiary/aromatic N) is 5. The summed E-state index contributed by atoms with van der Waals surface area (Å²) in [5, 5.41) is 0. The number of piperazine rings is 1. The average molecular weight is 381 g/mol. The van der Waals surface area contributed by atoms with Crippen LogP contribution in [0.15, 0.2) is 42.7 Å². The Kier molecular flexibility index (Phi) is 5.60. The molecule has 4 rings (SSSR count). The summed E-state index contributed by atoms with van der Waals surface area (Å²) in [5.74, 6) is 1.89. The quantitative estimate of drug-likeness (QED) is 0.808. The molecule has 28 heavy (non-hydrogen) atoms. The highest BCUT2D eigenvalue weighted by Gasteiger charge is 2.31. The van der Waals surface area contributed by atoms with Crippen molar-refractivity contribution in [1.29, 1.82) is 0 Å². The molecule has 2 aliphatic rings. The standard InChI is InChI=1S/C21H27N5O2/c1-28-19-7-2-6-18(15-19)24-11-13-25(14-12-24)20(27)17-5-3-10-26(16-17)21-22-8-4-9-23-21/h2,4,6-9,15,17H,3,5,10-14,16H2,1H3. The molecular formula is C21H27N5O2. The van der Waals surface area contributed by atoms with E-state index in [-0.39, 0.29) is 11.8 Å². The predicted molar refractivity (Wildman–Crippen MR) is 109 cm³/mol. The molecule has 0 spiro atoms. The summed E-state index contributed by atoms with van der Waals surface area (Å²) in [6, 6.07) is 9.93. The number of amides is 1. The van der Waals surface area contributed by atoms with Gasteiger partial charge in [0.1, 0.15) is 5.75 Å². The lowest BCUT2D eigenvalue weighted by molar-refractivity contribution is -0.136. The molecule has 7 nitrogen and oxygen atoms in total. The molecule has 0 aliphatic carbocycles. The third kappa shape index (κ3) is 4.03. The average Bonchev–Trinajstić information content (AvgIpc) is 2.79. The van der Waals surface area contributed by atoms with Crippen molar-refractivity contribution in [2.75, 3.05) is 56.2 Å². The molecule has 2 aromatic rings. The van der Waals surface area contributed by atoms with Gasteiger partial charge in [-0.2, -0.15) is 0 Å². The number of methoxy groups -OCH3 is 1. The number of carbonyl (C=O) groups is 1. The van der Waals surface area contributed by atoms with Crippen molar-refractivity contribution in [3.05, 3.63) is 42.7 Å². The van der Waals surface area contributed by atoms with Gasteiger partial charge in [0.2, 0.25) is 11.9 Å². The molecule has 1 aromatic heterocycles. The van der Waals surface area contributed by atoms with Gasteiger partial charge in [0.25, 0.3) is 0 Å². The first kappa shape index (κ1) is 18.5. The largest absolute Gasteiger partial charge is 0.497 e. The molecule has 0 N–H and O–H groups in total. The van der Waals surface area contributed by atoms with E-state index < -0.39 is 0 Å². The number of benzene rings is 1. The number of anilines is 2. The highest BCUT2D eigenvalue weighted by Crippen LogP contribution is 2.25. The van der Waals surface area contributed by atoms with Crippen LogP contribution < -0.4 is 14.5 Å². The molecule has 3 heterocycles. The number of hydrogen-bond donors (Lipinski definition) is 0. The van der Waals surface area contributed by atoms with Crippen molar-refractivity contribution in [2.24, 2.45) is 5.92 Å². The van der Waals surface area contributed by atoms with E-state index in [2.05, 4.69) is 31.9 Å². The van der Waals surface area contributed by atoms with E-state index in [1.165, 1.54) is 0 Å². The number of hydrogen-bond acceptors (Lipinski definition) is 6. The van der Waals surface area contributed by atoms with Crippen molar-refractivity contribution < 1.29 is 9.53 Å². The van der Waals surface area contributed by atoms with Gasteiger partial charge in [-0.3, -0.25) is 4.79 Å². The molecular weight excluding hydrogens is 354 g/mol. The number of rotatable bonds is 4. The monoisotopic (exact) mass is 381 g/mol. The van der Waals surface area contributed by atoms with Gasteiger partial charge in [0, 0.05) is 63.4 Å². The van der Waals surface area contributed by atoms with Crippen LogP contribution in [0.3, 0.4) is 0 Å². The van der Waals surface area contributed by atoms with E-state index in [1.807, 2.05) is 23.1 Å². The molecule has 1 amide bonds. The first-order valence-electron chi connectivity index (χ1n) is 9.94. The maximum Gasteiger partial charge on any atom is 0.227 e. The molecule has 7 heteroatoms. The maximum absolute atomic E-state index is 13.1. The molecule has 0 bridgehead atoms. The third-order valence-corrected chi connectivity index (χ3v) is 5.62. The van der Waals surface area contributed by atoms with E-state index in [9.17, 15) is 4.79 Å². The van der Waals surface area contributed by atoms with Crippen LogP contribution in [-0.4, -0.2) is 67.2 Å². The summed E-state index contributed by atoms with van der Waals surface area (Å²) in [5.41, 5.74) is 1.15. The van der Waals surface area contributed by atoms with Gasteiger partial charge in [0.15, 0.2) is 0 Å². The maximum atomic E-state index is 13.1. The summed E-state index contributed by atoms with van der Waals surface area (Å²) in [6.07, 6.45) is 5.45. The van der Waals surface area contributed by atoms with E-state index in [1.54, 1.807) is 19.5 Å². The number of carbonyl (C=O) groups excluding carboxylic acids is 1. The van der Waals surface area contributed by atoms with Crippen LogP contribution in [0.2, 0.25) is 0 Å². The molecule has 0 saturated carbocycles. The minimum atomic E-state index is 0.0286. The van der Waals surface area contributed by atoms with Gasteiger partial charge in [0.05, 0.1) is 13.0 Å². The molecule has 0 radical (unpaired) electrons. The zero-order chi connectivity index (χ0) is 19.3. The Morgan fingerprint density at radius 3 is 2.57 bits per heavy atom. The summed E-state index contributed by atoms with van der Waals surface area (Å²) in [6.45, 7) is 4.83. The van der Waals surface area contributed by atoms with Crippen LogP contribution in [0.25, 0.3) is 0 Å². The Hall–Kier alpha value is -2.83. The fourth-order valence-electron chi connectivity index (χ4n) is 4.07. The minimum absolute atomic E-state index is 0.0286. The molecule has 1 unspecified atom stereocenters. The van der Waals surface area contributed by atoms with Crippen LogP contribution >= 0.6 is 0 Å². The van der Waals surface area contributed by atoms with Crippen molar-refractivity contribution in [2.45, 2.75) is 12.8 Å². The Bertz CT molecular complexity index is 792. The highest BCUT2D eigenvalue weighted by molar-refractivity contribution is 5.80. The Labute approximate surface area is 165 Å². The molecule has 148 valence electrons. The minimum Gasteiger partial charge on any atom is -0.497 e. The van der Waals surface area contributed by atoms with Crippen LogP contribution in [0.5, 0.6) is 5.75 Å². The van der Waals surface area contributed by atoms with Crippen LogP contribution in [-0.2, 0) is 4.79 Å². The fourth-order valence-corrected chi connectivity index (χ4v) is 4.07. The smallest absolute Gasteiger partial charge is 0.227 e. The zero-order valence-corrected chi connectivity index (χ0v) is 16.3. The molecule has 2 aliphatic heterocycles. The molecule has 1 aromatic carbocycles. The van der Waals surface area contributed by atoms with Crippen molar-refractivity contribution in [1.82, 2.24) is 14.9 Å². The summed E-state index contributed by atoms with van der Waals surface area (Å²) in [7, 11) is 1.68. The Balaban J connectivity index is 1.34. The summed E-state index contributed by atoms with van der Waals surface area (Å²) >= 11 is 0. The van der Waals surface area contributed by atoms with Crippen molar-refractivity contribution >= 4 is 17.5 Å². The van der Waals surface area contributed by atoms with Gasteiger partial charge >= 0.3 is 0 Å². The highest BCUT2D eigenvalue weighted by atomic mass is 16.5. The van der Waals surface area contributed by atoms with E-state index in [4.69, 9.17) is 4.74 Å². The topological polar surface area (TPSA) is 61.8 Å². The van der Waals surface area contributed by atoms with Crippen molar-refractivity contribution in [3.63, 3.8) is 0 Å². The van der Waals surface area contributed by atoms with E-state index in [0.717, 1.165) is 63.0 Å². The Morgan fingerprint density at radius 1 is 1.04 bits per heavy atom. The fraction of sp³-hybridized carbons (Fsp3) is 0.476. The van der Waals surface area contributed by atoms with Gasteiger partial charge in [-0.15, -0.1) is 0 Å². The lowest BCUT2D eigenvalue weighted by Gasteiger charge is -2.39. The zero-order valence-electron chi connectivity index (χ0n) is 16.3. The van der Waals surface area contributed by atoms with Gasteiger partial charge < -0.3 is 19.4 Å². The lowest BCUT2D eigenvalue weighted by Crippen LogP contribution is -2.52.